The Bertz CT molecular complexity index is 514. The number of rotatable bonds is 3. The van der Waals surface area contributed by atoms with Crippen molar-refractivity contribution in [3.8, 4) is 11.5 Å². The van der Waals surface area contributed by atoms with Gasteiger partial charge in [0.2, 0.25) is 0 Å². The predicted molar refractivity (Wildman–Crippen MR) is 70.3 cm³/mol. The van der Waals surface area contributed by atoms with Crippen LogP contribution >= 0.6 is 22.6 Å². The molecule has 6 heteroatoms. The number of halogens is 2. The van der Waals surface area contributed by atoms with Gasteiger partial charge in [-0.2, -0.15) is 0 Å². The summed E-state index contributed by atoms with van der Waals surface area (Å²) in [4.78, 5) is 11.9. The number of ether oxygens (including phenoxy) is 2. The number of alkyl halides is 2. The zero-order chi connectivity index (χ0) is 12.5. The molecule has 2 unspecified atom stereocenters. The number of carbonyl (C=O) groups is 1. The van der Waals surface area contributed by atoms with Gasteiger partial charge in [-0.25, -0.2) is 0 Å². The summed E-state index contributed by atoms with van der Waals surface area (Å²) >= 11 is 2.17. The van der Waals surface area contributed by atoms with Crippen LogP contribution in [0.1, 0.15) is 5.56 Å². The Labute approximate surface area is 129 Å². The molecule has 1 N–H and O–H groups in total. The Morgan fingerprint density at radius 1 is 1.61 bits per heavy atom. The normalized spacial score (nSPS) is 22.2. The van der Waals surface area contributed by atoms with E-state index in [2.05, 4.69) is 26.1 Å². The van der Waals surface area contributed by atoms with Crippen molar-refractivity contribution in [3.05, 3.63) is 36.1 Å². The van der Waals surface area contributed by atoms with Gasteiger partial charge in [0.15, 0.2) is 0 Å². The van der Waals surface area contributed by atoms with Gasteiger partial charge in [-0.3, -0.25) is 0 Å². The van der Waals surface area contributed by atoms with E-state index in [0.717, 1.165) is 17.7 Å². The monoisotopic (exact) mass is 470 g/mol. The number of benzene rings is 1. The molecule has 0 radical (unpaired) electrons. The molecule has 0 spiro atoms. The van der Waals surface area contributed by atoms with Gasteiger partial charge in [0.1, 0.15) is 0 Å². The average Bonchev–Trinajstić information content (AvgIpc) is 3.22. The molecule has 18 heavy (non-hydrogen) atoms. The van der Waals surface area contributed by atoms with Crippen molar-refractivity contribution in [3.63, 3.8) is 0 Å². The Kier molecular flexibility index (Phi) is 3.76. The first-order valence-corrected chi connectivity index (χ1v) is 8.99. The van der Waals surface area contributed by atoms with Gasteiger partial charge in [-0.05, 0) is 0 Å². The Morgan fingerprint density at radius 2 is 2.44 bits per heavy atom. The summed E-state index contributed by atoms with van der Waals surface area (Å²) in [6, 6.07) is 5.48. The number of fused-ring (bicyclic) bond motifs is 1. The van der Waals surface area contributed by atoms with Crippen LogP contribution in [0, 0.1) is 0 Å². The van der Waals surface area contributed by atoms with Crippen molar-refractivity contribution in [2.75, 3.05) is 0 Å². The molecular weight excluding hydrogens is 460 g/mol. The van der Waals surface area contributed by atoms with Crippen LogP contribution in [-0.2, 0) is 11.2 Å². The molecule has 2 aliphatic heterocycles. The molecule has 2 heterocycles. The van der Waals surface area contributed by atoms with Crippen molar-refractivity contribution in [1.82, 2.24) is 3.53 Å². The van der Waals surface area contributed by atoms with Gasteiger partial charge in [0.25, 0.3) is 0 Å². The van der Waals surface area contributed by atoms with Crippen molar-refractivity contribution in [2.24, 2.45) is 0 Å². The number of carbonyl (C=O) groups excluding carboxylic acids is 1. The molecule has 96 valence electrons. The molecule has 3 rings (SSSR count). The molecule has 4 nitrogen and oxygen atoms in total. The first kappa shape index (κ1) is 12.7. The number of esters is 1. The van der Waals surface area contributed by atoms with Gasteiger partial charge in [-0.1, -0.05) is 0 Å². The van der Waals surface area contributed by atoms with Crippen LogP contribution in [0.25, 0.3) is 0 Å². The van der Waals surface area contributed by atoms with E-state index in [9.17, 15) is 4.79 Å². The van der Waals surface area contributed by atoms with Crippen molar-refractivity contribution < 1.29 is 35.7 Å². The summed E-state index contributed by atoms with van der Waals surface area (Å²) in [5.41, 5.74) is 1.05. The van der Waals surface area contributed by atoms with Crippen molar-refractivity contribution in [1.29, 1.82) is 0 Å². The van der Waals surface area contributed by atoms with E-state index in [0.29, 0.717) is 9.80 Å². The van der Waals surface area contributed by atoms with Crippen LogP contribution < -0.4 is 34.5 Å². The van der Waals surface area contributed by atoms with Crippen LogP contribution in [0.15, 0.2) is 30.5 Å². The molecule has 1 aromatic rings. The topological polar surface area (TPSA) is 57.5 Å². The fourth-order valence-corrected chi connectivity index (χ4v) is 4.71. The fourth-order valence-electron chi connectivity index (χ4n) is 1.63. The van der Waals surface area contributed by atoms with E-state index in [4.69, 9.17) is 9.47 Å². The average molecular weight is 470 g/mol. The van der Waals surface area contributed by atoms with E-state index >= 15 is 0 Å². The summed E-state index contributed by atoms with van der Waals surface area (Å²) < 4.78 is 14.3. The fraction of sp³-hybridized carbons (Fsp3) is 0.250. The number of nitrogens with one attached hydrogen (secondary N) is 1. The molecule has 1 saturated heterocycles. The summed E-state index contributed by atoms with van der Waals surface area (Å²) in [7, 11) is 0. The van der Waals surface area contributed by atoms with Gasteiger partial charge in [-0.15, -0.1) is 0 Å². The van der Waals surface area contributed by atoms with Crippen LogP contribution in [0.4, 0.5) is 0 Å². The molecule has 0 aliphatic carbocycles. The van der Waals surface area contributed by atoms with Crippen LogP contribution in [0.5, 0.6) is 11.5 Å². The molecule has 1 aromatic carbocycles. The molecule has 0 amide bonds. The zero-order valence-corrected chi connectivity index (χ0v) is 13.5. The van der Waals surface area contributed by atoms with Crippen LogP contribution in [-0.4, -0.2) is 13.9 Å². The van der Waals surface area contributed by atoms with E-state index in [-0.39, 0.29) is 31.4 Å². The Morgan fingerprint density at radius 3 is 3.22 bits per heavy atom. The Balaban J connectivity index is 1.71. The van der Waals surface area contributed by atoms with Crippen LogP contribution in [0.3, 0.4) is 0 Å². The second-order valence-corrected chi connectivity index (χ2v) is 7.84. The van der Waals surface area contributed by atoms with Gasteiger partial charge < -0.3 is 0 Å². The molecule has 0 bridgehead atoms. The van der Waals surface area contributed by atoms with E-state index in [1.54, 1.807) is 12.3 Å². The van der Waals surface area contributed by atoms with Gasteiger partial charge >= 0.3 is 130 Å². The number of hydrogen-bond donors (Lipinski definition) is 1. The van der Waals surface area contributed by atoms with Crippen molar-refractivity contribution in [2.45, 2.75) is 14.4 Å². The molecular formula is C12H10I2NO3-. The first-order chi connectivity index (χ1) is 8.74. The molecule has 0 aromatic heterocycles. The molecule has 1 fully saturated rings. The second-order valence-electron chi connectivity index (χ2n) is 3.91. The maximum atomic E-state index is 11.9. The first-order valence-electron chi connectivity index (χ1n) is 5.42. The summed E-state index contributed by atoms with van der Waals surface area (Å²) in [5.74, 6) is 1.26. The third kappa shape index (κ3) is 2.80. The maximum absolute atomic E-state index is 11.9. The van der Waals surface area contributed by atoms with Gasteiger partial charge in [0.05, 0.1) is 0 Å². The summed E-state index contributed by atoms with van der Waals surface area (Å²) in [6.07, 6.45) is 4.43. The van der Waals surface area contributed by atoms with E-state index in [1.165, 1.54) is 0 Å². The second kappa shape index (κ2) is 5.33. The number of allylic oxidation sites excluding steroid dienone is 1. The predicted octanol–water partition coefficient (Wildman–Crippen LogP) is -1.22. The number of hydrogen-bond acceptors (Lipinski definition) is 4. The summed E-state index contributed by atoms with van der Waals surface area (Å²) in [6.45, 7) is 0. The quantitative estimate of drug-likeness (QED) is 0.115. The third-order valence-electron chi connectivity index (χ3n) is 2.60. The zero-order valence-electron chi connectivity index (χ0n) is 9.23. The SMILES string of the molecule is O=C(Oc1ccc2c(c1)CC=CO2)C(I)C1N[I-]1. The molecule has 2 atom stereocenters. The minimum atomic E-state index is -0.169. The standard InChI is InChI=1S/C12H10I2NO3/c13-10(11-14-15-11)12(16)18-8-3-4-9-7(6-8)2-1-5-17-9/h1,3-6,10-11,15H,2H2/q-1. The molecule has 0 saturated carbocycles. The van der Waals surface area contributed by atoms with E-state index < -0.39 is 0 Å². The van der Waals surface area contributed by atoms with Crippen molar-refractivity contribution >= 4 is 28.6 Å². The van der Waals surface area contributed by atoms with Gasteiger partial charge in [0, 0.05) is 0 Å². The Hall–Kier alpha value is -0.350. The minimum absolute atomic E-state index is 0.0281. The van der Waals surface area contributed by atoms with Crippen LogP contribution in [0.2, 0.25) is 0 Å². The third-order valence-corrected chi connectivity index (χ3v) is 7.26. The van der Waals surface area contributed by atoms with E-state index in [1.807, 2.05) is 18.2 Å². The summed E-state index contributed by atoms with van der Waals surface area (Å²) in [5, 5.41) is 0. The molecule has 2 aliphatic rings.